The normalized spacial score (nSPS) is 11.2. The molecule has 0 heterocycles. The second-order valence-corrected chi connectivity index (χ2v) is 5.45. The number of carbonyl (C=O) groups excluding carboxylic acids is 1. The zero-order valence-corrected chi connectivity index (χ0v) is 12.7. The minimum Gasteiger partial charge on any atom is -0.393 e. The summed E-state index contributed by atoms with van der Waals surface area (Å²) in [4.78, 5) is 12.1. The number of hydrogen-bond acceptors (Lipinski definition) is 2. The Morgan fingerprint density at radius 2 is 2.05 bits per heavy atom. The summed E-state index contributed by atoms with van der Waals surface area (Å²) in [6, 6.07) is 3.40. The largest absolute Gasteiger partial charge is 0.417 e. The van der Waals surface area contributed by atoms with E-state index < -0.39 is 23.2 Å². The summed E-state index contributed by atoms with van der Waals surface area (Å²) >= 11 is 7.62. The van der Waals surface area contributed by atoms with E-state index in [4.69, 9.17) is 5.73 Å². The fourth-order valence-corrected chi connectivity index (χ4v) is 2.01. The zero-order chi connectivity index (χ0) is 15.3. The average Bonchev–Trinajstić information content (AvgIpc) is 2.33. The number of hydrogen-bond donors (Lipinski definition) is 2. The predicted octanol–water partition coefficient (Wildman–Crippen LogP) is 3.26. The van der Waals surface area contributed by atoms with Gasteiger partial charge in [0.2, 0.25) is 0 Å². The lowest BCUT2D eigenvalue weighted by molar-refractivity contribution is -0.138. The Bertz CT molecular complexity index is 520. The maximum Gasteiger partial charge on any atom is 0.417 e. The van der Waals surface area contributed by atoms with Gasteiger partial charge in [-0.25, -0.2) is 0 Å². The van der Waals surface area contributed by atoms with Crippen LogP contribution in [-0.2, 0) is 6.18 Å². The van der Waals surface area contributed by atoms with Crippen LogP contribution in [0.25, 0.3) is 0 Å². The van der Waals surface area contributed by atoms with Gasteiger partial charge in [0.15, 0.2) is 0 Å². The molecular weight excluding hydrogens is 357 g/mol. The molecule has 0 radical (unpaired) electrons. The summed E-state index contributed by atoms with van der Waals surface area (Å²) in [5, 5.41) is 2.42. The molecule has 1 aromatic rings. The van der Waals surface area contributed by atoms with Crippen molar-refractivity contribution >= 4 is 39.0 Å². The second kappa shape index (κ2) is 7.03. The van der Waals surface area contributed by atoms with E-state index in [9.17, 15) is 18.0 Å². The molecule has 0 bridgehead atoms. The van der Waals surface area contributed by atoms with E-state index in [0.717, 1.165) is 12.1 Å². The van der Waals surface area contributed by atoms with Crippen LogP contribution in [0.15, 0.2) is 22.7 Å². The Kier molecular flexibility index (Phi) is 5.94. The highest BCUT2D eigenvalue weighted by Gasteiger charge is 2.35. The Hall–Kier alpha value is -1.15. The predicted molar refractivity (Wildman–Crippen MR) is 77.5 cm³/mol. The smallest absolute Gasteiger partial charge is 0.393 e. The van der Waals surface area contributed by atoms with Gasteiger partial charge in [0.05, 0.1) is 16.1 Å². The van der Waals surface area contributed by atoms with Gasteiger partial charge in [-0.2, -0.15) is 13.2 Å². The molecule has 0 aliphatic heterocycles. The summed E-state index contributed by atoms with van der Waals surface area (Å²) in [5.41, 5.74) is 3.90. The summed E-state index contributed by atoms with van der Waals surface area (Å²) in [5.74, 6) is -0.771. The van der Waals surface area contributed by atoms with Gasteiger partial charge >= 0.3 is 6.18 Å². The van der Waals surface area contributed by atoms with Crippen molar-refractivity contribution in [3.63, 3.8) is 0 Å². The van der Waals surface area contributed by atoms with Crippen molar-refractivity contribution in [2.45, 2.75) is 19.0 Å². The molecule has 0 aliphatic rings. The molecule has 0 aromatic heterocycles. The van der Waals surface area contributed by atoms with Crippen molar-refractivity contribution < 1.29 is 18.0 Å². The summed E-state index contributed by atoms with van der Waals surface area (Å²) in [6.07, 6.45) is -3.67. The molecule has 20 heavy (non-hydrogen) atoms. The highest BCUT2D eigenvalue weighted by Crippen LogP contribution is 2.33. The van der Waals surface area contributed by atoms with E-state index in [0.29, 0.717) is 17.8 Å². The number of amides is 1. The number of rotatable bonds is 5. The molecule has 0 fully saturated rings. The molecular formula is C12H12BrF3N2OS. The van der Waals surface area contributed by atoms with Crippen LogP contribution in [-0.4, -0.2) is 17.4 Å². The Morgan fingerprint density at radius 3 is 2.60 bits per heavy atom. The third-order valence-electron chi connectivity index (χ3n) is 2.42. The van der Waals surface area contributed by atoms with Gasteiger partial charge in [0, 0.05) is 11.0 Å². The first kappa shape index (κ1) is 16.9. The van der Waals surface area contributed by atoms with Crippen molar-refractivity contribution in [3.8, 4) is 0 Å². The molecule has 110 valence electrons. The molecule has 0 unspecified atom stereocenters. The number of thiocarbonyl (C=S) groups is 1. The monoisotopic (exact) mass is 368 g/mol. The summed E-state index contributed by atoms with van der Waals surface area (Å²) < 4.78 is 38.8. The lowest BCUT2D eigenvalue weighted by Gasteiger charge is -2.13. The van der Waals surface area contributed by atoms with Crippen molar-refractivity contribution in [2.24, 2.45) is 5.73 Å². The Morgan fingerprint density at radius 1 is 1.40 bits per heavy atom. The first-order valence-corrected chi connectivity index (χ1v) is 6.85. The first-order chi connectivity index (χ1) is 9.21. The van der Waals surface area contributed by atoms with Crippen LogP contribution in [0.5, 0.6) is 0 Å². The molecule has 3 nitrogen and oxygen atoms in total. The van der Waals surface area contributed by atoms with Gasteiger partial charge in [-0.05, 0) is 31.0 Å². The Labute approximate surface area is 127 Å². The van der Waals surface area contributed by atoms with Crippen LogP contribution in [0.4, 0.5) is 13.2 Å². The molecule has 1 amide bonds. The van der Waals surface area contributed by atoms with E-state index in [1.165, 1.54) is 6.07 Å². The number of halogens is 4. The number of nitrogens with two attached hydrogens (primary N) is 1. The lowest BCUT2D eigenvalue weighted by atomic mass is 10.1. The van der Waals surface area contributed by atoms with Crippen LogP contribution in [0.3, 0.4) is 0 Å². The molecule has 3 N–H and O–H groups in total. The van der Waals surface area contributed by atoms with E-state index >= 15 is 0 Å². The van der Waals surface area contributed by atoms with Gasteiger partial charge in [-0.1, -0.05) is 28.1 Å². The average molecular weight is 369 g/mol. The quantitative estimate of drug-likeness (QED) is 0.619. The van der Waals surface area contributed by atoms with E-state index in [2.05, 4.69) is 33.5 Å². The van der Waals surface area contributed by atoms with E-state index in [1.807, 2.05) is 0 Å². The second-order valence-electron chi connectivity index (χ2n) is 4.01. The molecule has 1 rings (SSSR count). The first-order valence-electron chi connectivity index (χ1n) is 5.65. The number of benzene rings is 1. The lowest BCUT2D eigenvalue weighted by Crippen LogP contribution is -2.27. The number of nitrogens with one attached hydrogen (secondary N) is 1. The van der Waals surface area contributed by atoms with Crippen LogP contribution in [0.2, 0.25) is 0 Å². The minimum atomic E-state index is -4.59. The molecule has 0 spiro atoms. The summed E-state index contributed by atoms with van der Waals surface area (Å²) in [6.45, 7) is 0.212. The SMILES string of the molecule is NC(=S)CCCNC(=O)c1ccc(Br)cc1C(F)(F)F. The number of alkyl halides is 3. The standard InChI is InChI=1S/C12H12BrF3N2OS/c13-7-3-4-8(9(6-7)12(14,15)16)11(19)18-5-1-2-10(17)20/h3-4,6H,1-2,5H2,(H2,17,20)(H,18,19). The highest BCUT2D eigenvalue weighted by atomic mass is 79.9. The maximum atomic E-state index is 12.8. The van der Waals surface area contributed by atoms with Crippen molar-refractivity contribution in [1.29, 1.82) is 0 Å². The van der Waals surface area contributed by atoms with Crippen molar-refractivity contribution in [3.05, 3.63) is 33.8 Å². The van der Waals surface area contributed by atoms with Crippen LogP contribution >= 0.6 is 28.1 Å². The molecule has 0 atom stereocenters. The third kappa shape index (κ3) is 5.09. The summed E-state index contributed by atoms with van der Waals surface area (Å²) in [7, 11) is 0. The fraction of sp³-hybridized carbons (Fsp3) is 0.333. The molecule has 8 heteroatoms. The van der Waals surface area contributed by atoms with Gasteiger partial charge < -0.3 is 11.1 Å². The van der Waals surface area contributed by atoms with E-state index in [-0.39, 0.29) is 11.0 Å². The molecule has 0 saturated carbocycles. The van der Waals surface area contributed by atoms with E-state index in [1.54, 1.807) is 0 Å². The van der Waals surface area contributed by atoms with Crippen LogP contribution in [0, 0.1) is 0 Å². The minimum absolute atomic E-state index is 0.212. The van der Waals surface area contributed by atoms with Gasteiger partial charge in [-0.3, -0.25) is 4.79 Å². The molecule has 1 aromatic carbocycles. The zero-order valence-electron chi connectivity index (χ0n) is 10.3. The highest BCUT2D eigenvalue weighted by molar-refractivity contribution is 9.10. The van der Waals surface area contributed by atoms with Gasteiger partial charge in [0.25, 0.3) is 5.91 Å². The Balaban J connectivity index is 2.80. The fourth-order valence-electron chi connectivity index (χ4n) is 1.51. The van der Waals surface area contributed by atoms with Gasteiger partial charge in [-0.15, -0.1) is 0 Å². The van der Waals surface area contributed by atoms with Crippen LogP contribution < -0.4 is 11.1 Å². The molecule has 0 aliphatic carbocycles. The van der Waals surface area contributed by atoms with Crippen molar-refractivity contribution in [1.82, 2.24) is 5.32 Å². The third-order valence-corrected chi connectivity index (χ3v) is 3.11. The van der Waals surface area contributed by atoms with Crippen molar-refractivity contribution in [2.75, 3.05) is 6.54 Å². The van der Waals surface area contributed by atoms with Gasteiger partial charge in [0.1, 0.15) is 0 Å². The topological polar surface area (TPSA) is 55.1 Å². The van der Waals surface area contributed by atoms with Crippen LogP contribution in [0.1, 0.15) is 28.8 Å². The number of carbonyl (C=O) groups is 1. The maximum absolute atomic E-state index is 12.8. The molecule has 0 saturated heterocycles.